The molecule has 1 aromatic carbocycles. The Morgan fingerprint density at radius 2 is 1.91 bits per heavy atom. The number of hydrogen-bond donors (Lipinski definition) is 2. The summed E-state index contributed by atoms with van der Waals surface area (Å²) in [5.41, 5.74) is 1.35. The molecule has 0 unspecified atom stereocenters. The maximum atomic E-state index is 12.1. The number of nitrogens with one attached hydrogen (secondary N) is 2. The van der Waals surface area contributed by atoms with Gasteiger partial charge in [-0.15, -0.1) is 0 Å². The van der Waals surface area contributed by atoms with Crippen molar-refractivity contribution in [3.05, 3.63) is 58.3 Å². The number of rotatable bonds is 3. The van der Waals surface area contributed by atoms with Gasteiger partial charge in [-0.2, -0.15) is 10.2 Å². The van der Waals surface area contributed by atoms with Gasteiger partial charge in [0.15, 0.2) is 5.82 Å². The van der Waals surface area contributed by atoms with Gasteiger partial charge in [0, 0.05) is 24.4 Å². The normalized spacial score (nSPS) is 10.5. The van der Waals surface area contributed by atoms with Gasteiger partial charge in [-0.05, 0) is 37.3 Å². The topological polar surface area (TPSA) is 106 Å². The third kappa shape index (κ3) is 3.15. The van der Waals surface area contributed by atoms with E-state index in [0.29, 0.717) is 11.5 Å². The smallest absolute Gasteiger partial charge is 0.276 e. The van der Waals surface area contributed by atoms with Gasteiger partial charge >= 0.3 is 0 Å². The summed E-state index contributed by atoms with van der Waals surface area (Å²) < 4.78 is 1.11. The third-order valence-corrected chi connectivity index (χ3v) is 3.19. The van der Waals surface area contributed by atoms with E-state index < -0.39 is 0 Å². The second kappa shape index (κ2) is 5.84. The van der Waals surface area contributed by atoms with E-state index in [4.69, 9.17) is 0 Å². The highest BCUT2D eigenvalue weighted by Crippen LogP contribution is 2.18. The molecule has 0 saturated carbocycles. The van der Waals surface area contributed by atoms with Gasteiger partial charge in [0.25, 0.3) is 11.5 Å². The molecule has 0 fully saturated rings. The summed E-state index contributed by atoms with van der Waals surface area (Å²) >= 11 is 0. The zero-order chi connectivity index (χ0) is 16.4. The first kappa shape index (κ1) is 14.6. The van der Waals surface area contributed by atoms with Crippen LogP contribution in [0.3, 0.4) is 0 Å². The predicted molar refractivity (Wildman–Crippen MR) is 84.0 cm³/mol. The first-order valence-corrected chi connectivity index (χ1v) is 6.88. The van der Waals surface area contributed by atoms with Crippen molar-refractivity contribution in [1.82, 2.24) is 25.0 Å². The number of aryl methyl sites for hydroxylation is 2. The van der Waals surface area contributed by atoms with Crippen LogP contribution in [0.2, 0.25) is 0 Å². The van der Waals surface area contributed by atoms with Crippen LogP contribution >= 0.6 is 0 Å². The summed E-state index contributed by atoms with van der Waals surface area (Å²) in [6.45, 7) is 1.82. The molecule has 2 N–H and O–H groups in total. The maximum Gasteiger partial charge on any atom is 0.276 e. The van der Waals surface area contributed by atoms with Gasteiger partial charge in [0.1, 0.15) is 11.5 Å². The van der Waals surface area contributed by atoms with Crippen molar-refractivity contribution < 1.29 is 4.79 Å². The van der Waals surface area contributed by atoms with Crippen LogP contribution in [0.25, 0.3) is 11.4 Å². The fourth-order valence-electron chi connectivity index (χ4n) is 1.99. The summed E-state index contributed by atoms with van der Waals surface area (Å²) in [5, 5.41) is 13.5. The minimum absolute atomic E-state index is 0.167. The van der Waals surface area contributed by atoms with Gasteiger partial charge in [-0.25, -0.2) is 9.67 Å². The van der Waals surface area contributed by atoms with Crippen molar-refractivity contribution in [2.24, 2.45) is 7.05 Å². The number of amides is 1. The third-order valence-electron chi connectivity index (χ3n) is 3.19. The Kier molecular flexibility index (Phi) is 3.71. The molecule has 1 amide bonds. The minimum atomic E-state index is -0.387. The van der Waals surface area contributed by atoms with Gasteiger partial charge < -0.3 is 5.32 Å². The highest BCUT2D eigenvalue weighted by molar-refractivity contribution is 6.02. The lowest BCUT2D eigenvalue weighted by Gasteiger charge is -2.06. The fraction of sp³-hybridized carbons (Fsp3) is 0.133. The van der Waals surface area contributed by atoms with Crippen LogP contribution in [-0.4, -0.2) is 30.9 Å². The molecule has 0 atom stereocenters. The zero-order valence-corrected chi connectivity index (χ0v) is 12.6. The Hall–Kier alpha value is -3.29. The summed E-state index contributed by atoms with van der Waals surface area (Å²) in [4.78, 5) is 27.6. The van der Waals surface area contributed by atoms with Crippen molar-refractivity contribution in [3.8, 4) is 11.4 Å². The van der Waals surface area contributed by atoms with Crippen LogP contribution in [0.4, 0.5) is 5.69 Å². The van der Waals surface area contributed by atoms with Gasteiger partial charge in [-0.3, -0.25) is 14.7 Å². The van der Waals surface area contributed by atoms with Crippen LogP contribution in [0.5, 0.6) is 0 Å². The van der Waals surface area contributed by atoms with Crippen molar-refractivity contribution in [2.75, 3.05) is 5.32 Å². The molecule has 0 aliphatic carbocycles. The molecule has 0 saturated heterocycles. The molecule has 116 valence electrons. The standard InChI is InChI=1S/C15H14N6O2/c1-9-16-14(19-18-9)10-3-5-11(6-4-10)17-15(23)12-7-8-13(22)21(2)20-12/h3-8H,1-2H3,(H,17,23)(H,16,18,19). The number of H-pyrrole nitrogens is 1. The predicted octanol–water partition coefficient (Wildman–Crippen LogP) is 1.13. The van der Waals surface area contributed by atoms with Crippen LogP contribution in [0.15, 0.2) is 41.2 Å². The number of aromatic nitrogens is 5. The van der Waals surface area contributed by atoms with Crippen LogP contribution in [-0.2, 0) is 7.05 Å². The quantitative estimate of drug-likeness (QED) is 0.754. The van der Waals surface area contributed by atoms with E-state index in [0.717, 1.165) is 16.1 Å². The average Bonchev–Trinajstić information content (AvgIpc) is 2.97. The zero-order valence-electron chi connectivity index (χ0n) is 12.6. The summed E-state index contributed by atoms with van der Waals surface area (Å²) in [6, 6.07) is 9.82. The Morgan fingerprint density at radius 3 is 2.52 bits per heavy atom. The van der Waals surface area contributed by atoms with E-state index in [1.807, 2.05) is 19.1 Å². The molecule has 0 aliphatic rings. The first-order chi connectivity index (χ1) is 11.0. The molecule has 3 aromatic rings. The summed E-state index contributed by atoms with van der Waals surface area (Å²) in [7, 11) is 1.49. The molecule has 0 bridgehead atoms. The molecular formula is C15H14N6O2. The van der Waals surface area contributed by atoms with Crippen molar-refractivity contribution in [3.63, 3.8) is 0 Å². The number of anilines is 1. The molecule has 0 aliphatic heterocycles. The lowest BCUT2D eigenvalue weighted by Crippen LogP contribution is -2.23. The van der Waals surface area contributed by atoms with Crippen LogP contribution in [0.1, 0.15) is 16.3 Å². The van der Waals surface area contributed by atoms with Crippen LogP contribution in [0, 0.1) is 6.92 Å². The molecule has 0 spiro atoms. The van der Waals surface area contributed by atoms with E-state index in [1.165, 1.54) is 19.2 Å². The summed E-state index contributed by atoms with van der Waals surface area (Å²) in [5.74, 6) is 0.945. The molecule has 8 heteroatoms. The number of hydrogen-bond acceptors (Lipinski definition) is 5. The van der Waals surface area contributed by atoms with E-state index in [2.05, 4.69) is 25.6 Å². The Morgan fingerprint density at radius 1 is 1.17 bits per heavy atom. The lowest BCUT2D eigenvalue weighted by molar-refractivity contribution is 0.102. The fourth-order valence-corrected chi connectivity index (χ4v) is 1.99. The van der Waals surface area contributed by atoms with Gasteiger partial charge in [-0.1, -0.05) is 0 Å². The average molecular weight is 310 g/mol. The van der Waals surface area contributed by atoms with E-state index in [1.54, 1.807) is 12.1 Å². The molecule has 2 heterocycles. The molecule has 2 aromatic heterocycles. The van der Waals surface area contributed by atoms with E-state index in [9.17, 15) is 9.59 Å². The Labute approximate surface area is 131 Å². The van der Waals surface area contributed by atoms with Crippen molar-refractivity contribution in [2.45, 2.75) is 6.92 Å². The molecule has 3 rings (SSSR count). The van der Waals surface area contributed by atoms with Crippen molar-refractivity contribution >= 4 is 11.6 Å². The highest BCUT2D eigenvalue weighted by Gasteiger charge is 2.10. The van der Waals surface area contributed by atoms with Gasteiger partial charge in [0.05, 0.1) is 0 Å². The first-order valence-electron chi connectivity index (χ1n) is 6.88. The van der Waals surface area contributed by atoms with Gasteiger partial charge in [0.2, 0.25) is 0 Å². The molecule has 23 heavy (non-hydrogen) atoms. The second-order valence-electron chi connectivity index (χ2n) is 4.96. The largest absolute Gasteiger partial charge is 0.321 e. The highest BCUT2D eigenvalue weighted by atomic mass is 16.2. The monoisotopic (exact) mass is 310 g/mol. The maximum absolute atomic E-state index is 12.1. The molecule has 8 nitrogen and oxygen atoms in total. The summed E-state index contributed by atoms with van der Waals surface area (Å²) in [6.07, 6.45) is 0. The molecular weight excluding hydrogens is 296 g/mol. The SMILES string of the molecule is Cc1nc(-c2ccc(NC(=O)c3ccc(=O)n(C)n3)cc2)n[nH]1. The number of carbonyl (C=O) groups is 1. The van der Waals surface area contributed by atoms with E-state index >= 15 is 0 Å². The number of nitrogens with zero attached hydrogens (tertiary/aromatic N) is 4. The number of benzene rings is 1. The molecule has 0 radical (unpaired) electrons. The number of aromatic amines is 1. The second-order valence-corrected chi connectivity index (χ2v) is 4.96. The van der Waals surface area contributed by atoms with E-state index in [-0.39, 0.29) is 17.2 Å². The minimum Gasteiger partial charge on any atom is -0.321 e. The number of carbonyl (C=O) groups excluding carboxylic acids is 1. The van der Waals surface area contributed by atoms with Crippen LogP contribution < -0.4 is 10.9 Å². The Balaban J connectivity index is 1.76. The lowest BCUT2D eigenvalue weighted by atomic mass is 10.2. The van der Waals surface area contributed by atoms with Crippen molar-refractivity contribution in [1.29, 1.82) is 0 Å². The Bertz CT molecular complexity index is 910.